The summed E-state index contributed by atoms with van der Waals surface area (Å²) in [6.07, 6.45) is -10.3. The fraction of sp³-hybridized carbons (Fsp3) is 0.188. The molecule has 2 rings (SSSR count). The van der Waals surface area contributed by atoms with Gasteiger partial charge in [0.1, 0.15) is 5.75 Å². The number of halogens is 7. The summed E-state index contributed by atoms with van der Waals surface area (Å²) in [7, 11) is -4.27. The highest BCUT2D eigenvalue weighted by atomic mass is 35.5. The lowest BCUT2D eigenvalue weighted by Crippen LogP contribution is -2.27. The number of hydrogen-bond acceptors (Lipinski definition) is 3. The Kier molecular flexibility index (Phi) is 6.48. The Hall–Kier alpha value is -2.27. The Labute approximate surface area is 169 Å². The number of phosphoric ester groups is 1. The largest absolute Gasteiger partial charge is 0.524 e. The van der Waals surface area contributed by atoms with Gasteiger partial charge in [0.25, 0.3) is 5.91 Å². The molecule has 1 amide bonds. The Morgan fingerprint density at radius 3 is 1.93 bits per heavy atom. The number of hydrogen-bond donors (Lipinski definition) is 2. The zero-order valence-corrected chi connectivity index (χ0v) is 16.3. The number of carbonyl (C=O) groups excluding carboxylic acids is 1. The Balaban J connectivity index is 2.58. The number of phosphoric acid groups is 1. The van der Waals surface area contributed by atoms with Crippen LogP contribution in [-0.4, -0.2) is 22.7 Å². The van der Waals surface area contributed by atoms with Gasteiger partial charge < -0.3 is 9.42 Å². The van der Waals surface area contributed by atoms with Gasteiger partial charge in [-0.3, -0.25) is 14.6 Å². The predicted molar refractivity (Wildman–Crippen MR) is 93.3 cm³/mol. The fourth-order valence-electron chi connectivity index (χ4n) is 2.31. The van der Waals surface area contributed by atoms with Crippen LogP contribution in [-0.2, 0) is 16.9 Å². The normalized spacial score (nSPS) is 12.6. The van der Waals surface area contributed by atoms with Crippen molar-refractivity contribution < 1.29 is 50.0 Å². The lowest BCUT2D eigenvalue weighted by atomic mass is 10.1. The van der Waals surface area contributed by atoms with Gasteiger partial charge in [-0.15, -0.1) is 0 Å². The van der Waals surface area contributed by atoms with E-state index in [2.05, 4.69) is 4.52 Å². The Bertz CT molecular complexity index is 988. The lowest BCUT2D eigenvalue weighted by molar-refractivity contribution is -0.143. The third-order valence-corrected chi connectivity index (χ3v) is 4.32. The number of carbonyl (C=O) groups is 1. The predicted octanol–water partition coefficient (Wildman–Crippen LogP) is 5.13. The van der Waals surface area contributed by atoms with Crippen molar-refractivity contribution >= 4 is 31.0 Å². The maximum absolute atomic E-state index is 13.0. The minimum absolute atomic E-state index is 0.107. The molecule has 0 saturated heterocycles. The van der Waals surface area contributed by atoms with Gasteiger partial charge in [0.15, 0.2) is 0 Å². The van der Waals surface area contributed by atoms with Crippen molar-refractivity contribution in [3.63, 3.8) is 0 Å². The molecule has 30 heavy (non-hydrogen) atoms. The number of benzene rings is 2. The molecule has 2 aromatic rings. The molecule has 6 nitrogen and oxygen atoms in total. The summed E-state index contributed by atoms with van der Waals surface area (Å²) in [5.74, 6) is -1.90. The third-order valence-electron chi connectivity index (χ3n) is 3.65. The first-order valence-electron chi connectivity index (χ1n) is 7.61. The van der Waals surface area contributed by atoms with Crippen molar-refractivity contribution in [2.45, 2.75) is 12.4 Å². The fourth-order valence-corrected chi connectivity index (χ4v) is 2.89. The van der Waals surface area contributed by atoms with E-state index in [-0.39, 0.29) is 11.1 Å². The van der Waals surface area contributed by atoms with Crippen LogP contribution < -0.4 is 9.42 Å². The van der Waals surface area contributed by atoms with Crippen LogP contribution in [0.25, 0.3) is 0 Å². The highest BCUT2D eigenvalue weighted by Crippen LogP contribution is 2.41. The summed E-state index contributed by atoms with van der Waals surface area (Å²) in [6.45, 7) is 0. The minimum Gasteiger partial charge on any atom is -0.403 e. The molecule has 0 saturated carbocycles. The van der Waals surface area contributed by atoms with E-state index >= 15 is 0 Å². The number of nitrogens with zero attached hydrogens (tertiary/aromatic N) is 1. The van der Waals surface area contributed by atoms with Crippen molar-refractivity contribution in [2.75, 3.05) is 11.9 Å². The van der Waals surface area contributed by atoms with Crippen molar-refractivity contribution in [1.29, 1.82) is 0 Å². The molecule has 2 aromatic carbocycles. The summed E-state index contributed by atoms with van der Waals surface area (Å²) in [6, 6.07) is 3.45. The van der Waals surface area contributed by atoms with E-state index in [1.54, 1.807) is 0 Å². The summed E-state index contributed by atoms with van der Waals surface area (Å²) in [5, 5.41) is -0.107. The topological polar surface area (TPSA) is 87.1 Å². The van der Waals surface area contributed by atoms with Gasteiger partial charge >= 0.3 is 20.2 Å². The Morgan fingerprint density at radius 1 is 1.00 bits per heavy atom. The molecule has 2 N–H and O–H groups in total. The van der Waals surface area contributed by atoms with Gasteiger partial charge in [-0.05, 0) is 36.4 Å². The number of amides is 1. The van der Waals surface area contributed by atoms with E-state index in [9.17, 15) is 35.7 Å². The van der Waals surface area contributed by atoms with Crippen LogP contribution in [0.3, 0.4) is 0 Å². The molecule has 164 valence electrons. The standard InChI is InChI=1S/C16H11ClF6NO5P/c1-24(11-5-8(15(18,19)20)4-9(6-11)16(21,22)23)14(25)12-7-10(17)2-3-13(12)29-30(26,27)28/h2-7H,1H3,(H2,26,27,28). The van der Waals surface area contributed by atoms with Crippen LogP contribution in [0.5, 0.6) is 5.75 Å². The van der Waals surface area contributed by atoms with Gasteiger partial charge in [0.05, 0.1) is 16.7 Å². The molecule has 0 aliphatic heterocycles. The summed E-state index contributed by atoms with van der Waals surface area (Å²) in [4.78, 5) is 31.0. The first kappa shape index (κ1) is 24.0. The quantitative estimate of drug-likeness (QED) is 0.471. The number of rotatable bonds is 4. The highest BCUT2D eigenvalue weighted by molar-refractivity contribution is 7.46. The number of alkyl halides is 6. The van der Waals surface area contributed by atoms with E-state index in [0.717, 1.165) is 25.2 Å². The van der Waals surface area contributed by atoms with E-state index < -0.39 is 54.2 Å². The summed E-state index contributed by atoms with van der Waals surface area (Å²) < 4.78 is 93.6. The van der Waals surface area contributed by atoms with Crippen molar-refractivity contribution in [2.24, 2.45) is 0 Å². The van der Waals surface area contributed by atoms with E-state index in [4.69, 9.17) is 21.4 Å². The molecule has 0 spiro atoms. The van der Waals surface area contributed by atoms with Crippen molar-refractivity contribution in [1.82, 2.24) is 0 Å². The average Bonchev–Trinajstić information content (AvgIpc) is 2.59. The van der Waals surface area contributed by atoms with E-state index in [0.29, 0.717) is 17.0 Å². The van der Waals surface area contributed by atoms with Crippen LogP contribution in [0.1, 0.15) is 21.5 Å². The van der Waals surface area contributed by atoms with Gasteiger partial charge in [-0.25, -0.2) is 4.57 Å². The molecule has 0 heterocycles. The van der Waals surface area contributed by atoms with Crippen LogP contribution in [0.4, 0.5) is 32.0 Å². The molecular formula is C16H11ClF6NO5P. The molecule has 0 radical (unpaired) electrons. The van der Waals surface area contributed by atoms with Crippen LogP contribution >= 0.6 is 19.4 Å². The SMILES string of the molecule is CN(C(=O)c1cc(Cl)ccc1OP(=O)(O)O)c1cc(C(F)(F)F)cc(C(F)(F)F)c1. The first-order chi connectivity index (χ1) is 13.5. The second kappa shape index (κ2) is 8.10. The molecule has 0 aliphatic carbocycles. The summed E-state index contributed by atoms with van der Waals surface area (Å²) in [5.41, 5.74) is -4.67. The van der Waals surface area contributed by atoms with Crippen LogP contribution in [0.15, 0.2) is 36.4 Å². The summed E-state index contributed by atoms with van der Waals surface area (Å²) >= 11 is 5.74. The second-order valence-corrected chi connectivity index (χ2v) is 7.45. The monoisotopic (exact) mass is 477 g/mol. The molecular weight excluding hydrogens is 467 g/mol. The number of anilines is 1. The van der Waals surface area contributed by atoms with Gasteiger partial charge in [-0.2, -0.15) is 26.3 Å². The first-order valence-corrected chi connectivity index (χ1v) is 9.52. The van der Waals surface area contributed by atoms with Crippen molar-refractivity contribution in [3.8, 4) is 5.75 Å². The molecule has 0 atom stereocenters. The van der Waals surface area contributed by atoms with Gasteiger partial charge in [0, 0.05) is 17.8 Å². The molecule has 0 aromatic heterocycles. The molecule has 0 unspecified atom stereocenters. The molecule has 14 heteroatoms. The average molecular weight is 478 g/mol. The van der Waals surface area contributed by atoms with Crippen molar-refractivity contribution in [3.05, 3.63) is 58.1 Å². The maximum atomic E-state index is 13.0. The van der Waals surface area contributed by atoms with Gasteiger partial charge in [0.2, 0.25) is 0 Å². The minimum atomic E-state index is -5.14. The highest BCUT2D eigenvalue weighted by Gasteiger charge is 2.38. The molecule has 0 bridgehead atoms. The van der Waals surface area contributed by atoms with E-state index in [1.165, 1.54) is 0 Å². The Morgan fingerprint density at radius 2 is 1.50 bits per heavy atom. The smallest absolute Gasteiger partial charge is 0.403 e. The van der Waals surface area contributed by atoms with Crippen LogP contribution in [0.2, 0.25) is 5.02 Å². The lowest BCUT2D eigenvalue weighted by Gasteiger charge is -2.22. The third kappa shape index (κ3) is 5.88. The van der Waals surface area contributed by atoms with Crippen LogP contribution in [0, 0.1) is 0 Å². The second-order valence-electron chi connectivity index (χ2n) is 5.85. The van der Waals surface area contributed by atoms with E-state index in [1.807, 2.05) is 0 Å². The molecule has 0 aliphatic rings. The zero-order valence-electron chi connectivity index (χ0n) is 14.6. The maximum Gasteiger partial charge on any atom is 0.524 e. The zero-order chi connectivity index (χ0) is 23.1. The molecule has 0 fully saturated rings. The van der Waals surface area contributed by atoms with Gasteiger partial charge in [-0.1, -0.05) is 11.6 Å².